The molecule has 4 rings (SSSR count). The van der Waals surface area contributed by atoms with Crippen molar-refractivity contribution in [2.45, 2.75) is 6.54 Å². The maximum atomic E-state index is 13.2. The van der Waals surface area contributed by atoms with Crippen molar-refractivity contribution in [2.24, 2.45) is 0 Å². The molecule has 0 unspecified atom stereocenters. The van der Waals surface area contributed by atoms with Crippen LogP contribution in [0.25, 0.3) is 11.7 Å². The summed E-state index contributed by atoms with van der Waals surface area (Å²) in [7, 11) is 3.20. The molecule has 2 aromatic heterocycles. The maximum absolute atomic E-state index is 13.2. The molecule has 1 saturated heterocycles. The predicted octanol–water partition coefficient (Wildman–Crippen LogP) is 3.16. The van der Waals surface area contributed by atoms with E-state index in [0.717, 1.165) is 11.3 Å². The van der Waals surface area contributed by atoms with Crippen molar-refractivity contribution in [3.05, 3.63) is 75.0 Å². The number of anilines is 1. The Morgan fingerprint density at radius 3 is 2.67 bits per heavy atom. The quantitative estimate of drug-likeness (QED) is 0.298. The Balaban J connectivity index is 1.67. The molecule has 0 saturated carbocycles. The first-order valence-corrected chi connectivity index (χ1v) is 11.4. The number of thiocarbonyl (C=S) groups is 1. The van der Waals surface area contributed by atoms with Crippen LogP contribution in [0.1, 0.15) is 11.1 Å². The van der Waals surface area contributed by atoms with Gasteiger partial charge in [0.2, 0.25) is 0 Å². The van der Waals surface area contributed by atoms with Crippen LogP contribution in [0.4, 0.5) is 5.82 Å². The number of ether oxygens (including phenoxy) is 2. The summed E-state index contributed by atoms with van der Waals surface area (Å²) < 4.78 is 12.2. The fourth-order valence-corrected chi connectivity index (χ4v) is 4.56. The number of nitrogens with one attached hydrogen (secondary N) is 1. The van der Waals surface area contributed by atoms with Crippen molar-refractivity contribution >= 4 is 51.7 Å². The van der Waals surface area contributed by atoms with E-state index in [1.165, 1.54) is 21.1 Å². The van der Waals surface area contributed by atoms with Gasteiger partial charge in [-0.25, -0.2) is 4.98 Å². The molecule has 10 heteroatoms. The number of thioether (sulfide) groups is 1. The van der Waals surface area contributed by atoms with Crippen molar-refractivity contribution in [1.82, 2.24) is 14.3 Å². The van der Waals surface area contributed by atoms with Crippen LogP contribution < -0.4 is 15.6 Å². The van der Waals surface area contributed by atoms with Gasteiger partial charge in [-0.05, 0) is 35.9 Å². The van der Waals surface area contributed by atoms with Gasteiger partial charge in [-0.1, -0.05) is 42.2 Å². The van der Waals surface area contributed by atoms with Crippen molar-refractivity contribution in [2.75, 3.05) is 32.7 Å². The van der Waals surface area contributed by atoms with E-state index in [9.17, 15) is 9.59 Å². The van der Waals surface area contributed by atoms with Crippen LogP contribution in [0.3, 0.4) is 0 Å². The summed E-state index contributed by atoms with van der Waals surface area (Å²) in [4.78, 5) is 32.8. The Morgan fingerprint density at radius 1 is 1.15 bits per heavy atom. The molecule has 1 N–H and O–H groups in total. The van der Waals surface area contributed by atoms with Crippen LogP contribution in [0, 0.1) is 0 Å². The molecule has 1 aliphatic heterocycles. The number of carbonyl (C=O) groups excluding carboxylic acids is 1. The number of hydrogen-bond acceptors (Lipinski definition) is 8. The minimum atomic E-state index is -0.277. The molecule has 3 heterocycles. The molecule has 0 bridgehead atoms. The van der Waals surface area contributed by atoms with Gasteiger partial charge in [0, 0.05) is 19.9 Å². The molecule has 0 radical (unpaired) electrons. The number of fused-ring (bicyclic) bond motifs is 1. The average molecular weight is 483 g/mol. The minimum Gasteiger partial charge on any atom is -0.497 e. The molecule has 3 aromatic rings. The number of aromatic nitrogens is 2. The first-order chi connectivity index (χ1) is 16.0. The summed E-state index contributed by atoms with van der Waals surface area (Å²) >= 11 is 6.63. The number of rotatable bonds is 8. The van der Waals surface area contributed by atoms with E-state index in [2.05, 4.69) is 10.3 Å². The summed E-state index contributed by atoms with van der Waals surface area (Å²) in [5, 5.41) is 3.14. The zero-order valence-electron chi connectivity index (χ0n) is 18.1. The lowest BCUT2D eigenvalue weighted by molar-refractivity contribution is -0.122. The van der Waals surface area contributed by atoms with Gasteiger partial charge in [0.05, 0.1) is 30.7 Å². The monoisotopic (exact) mass is 482 g/mol. The van der Waals surface area contributed by atoms with Crippen LogP contribution in [-0.4, -0.2) is 51.9 Å². The Labute approximate surface area is 200 Å². The maximum Gasteiger partial charge on any atom is 0.267 e. The Bertz CT molecular complexity index is 1290. The van der Waals surface area contributed by atoms with Gasteiger partial charge in [-0.2, -0.15) is 0 Å². The number of pyridine rings is 1. The van der Waals surface area contributed by atoms with E-state index in [1.54, 1.807) is 38.6 Å². The molecule has 1 aromatic carbocycles. The van der Waals surface area contributed by atoms with Crippen molar-refractivity contribution in [3.8, 4) is 5.75 Å². The van der Waals surface area contributed by atoms with Crippen molar-refractivity contribution in [1.29, 1.82) is 0 Å². The SMILES string of the molecule is COCCNc1nc2ccccn2c(=O)c1C=C1SC(=S)N(Cc2ccc(OC)cc2)C1=O. The van der Waals surface area contributed by atoms with E-state index in [0.29, 0.717) is 46.0 Å². The topological polar surface area (TPSA) is 85.2 Å². The van der Waals surface area contributed by atoms with Crippen molar-refractivity contribution < 1.29 is 14.3 Å². The van der Waals surface area contributed by atoms with Gasteiger partial charge < -0.3 is 14.8 Å². The number of carbonyl (C=O) groups is 1. The van der Waals surface area contributed by atoms with E-state index < -0.39 is 0 Å². The summed E-state index contributed by atoms with van der Waals surface area (Å²) in [6, 6.07) is 12.8. The van der Waals surface area contributed by atoms with E-state index in [4.69, 9.17) is 21.7 Å². The second kappa shape index (κ2) is 10.2. The van der Waals surface area contributed by atoms with Crippen LogP contribution >= 0.6 is 24.0 Å². The third-order valence-electron chi connectivity index (χ3n) is 5.02. The largest absolute Gasteiger partial charge is 0.497 e. The van der Waals surface area contributed by atoms with Crippen LogP contribution in [0.15, 0.2) is 58.4 Å². The lowest BCUT2D eigenvalue weighted by Crippen LogP contribution is -2.27. The van der Waals surface area contributed by atoms with Gasteiger partial charge in [0.25, 0.3) is 11.5 Å². The van der Waals surface area contributed by atoms with E-state index >= 15 is 0 Å². The minimum absolute atomic E-state index is 0.249. The predicted molar refractivity (Wildman–Crippen MR) is 134 cm³/mol. The smallest absolute Gasteiger partial charge is 0.267 e. The Morgan fingerprint density at radius 2 is 1.94 bits per heavy atom. The molecule has 0 spiro atoms. The summed E-state index contributed by atoms with van der Waals surface area (Å²) in [6.07, 6.45) is 3.22. The van der Waals surface area contributed by atoms with E-state index in [1.807, 2.05) is 30.3 Å². The average Bonchev–Trinajstić information content (AvgIpc) is 3.09. The normalized spacial score (nSPS) is 15.0. The Kier molecular flexibility index (Phi) is 7.07. The first-order valence-electron chi connectivity index (χ1n) is 10.1. The van der Waals surface area contributed by atoms with E-state index in [-0.39, 0.29) is 11.5 Å². The third-order valence-corrected chi connectivity index (χ3v) is 6.39. The molecular weight excluding hydrogens is 460 g/mol. The highest BCUT2D eigenvalue weighted by Crippen LogP contribution is 2.34. The molecule has 33 heavy (non-hydrogen) atoms. The van der Waals surface area contributed by atoms with Crippen LogP contribution in [0.2, 0.25) is 0 Å². The van der Waals surface area contributed by atoms with Crippen LogP contribution in [0.5, 0.6) is 5.75 Å². The Hall–Kier alpha value is -3.21. The highest BCUT2D eigenvalue weighted by atomic mass is 32.2. The third kappa shape index (κ3) is 4.92. The molecule has 1 aliphatic rings. The second-order valence-corrected chi connectivity index (χ2v) is 8.82. The van der Waals surface area contributed by atoms with Crippen LogP contribution in [-0.2, 0) is 16.1 Å². The number of benzene rings is 1. The number of methoxy groups -OCH3 is 2. The fraction of sp³-hybridized carbons (Fsp3) is 0.217. The summed E-state index contributed by atoms with van der Waals surface area (Å²) in [5.74, 6) is 0.881. The van der Waals surface area contributed by atoms with Crippen molar-refractivity contribution in [3.63, 3.8) is 0 Å². The van der Waals surface area contributed by atoms with Gasteiger partial charge in [0.15, 0.2) is 0 Å². The zero-order chi connectivity index (χ0) is 23.4. The number of nitrogens with zero attached hydrogens (tertiary/aromatic N) is 3. The summed E-state index contributed by atoms with van der Waals surface area (Å²) in [6.45, 7) is 1.24. The lowest BCUT2D eigenvalue weighted by atomic mass is 10.2. The molecule has 170 valence electrons. The second-order valence-electron chi connectivity index (χ2n) is 7.14. The first kappa shape index (κ1) is 23.0. The highest BCUT2D eigenvalue weighted by Gasteiger charge is 2.32. The van der Waals surface area contributed by atoms with Gasteiger partial charge in [0.1, 0.15) is 21.5 Å². The molecule has 1 amide bonds. The fourth-order valence-electron chi connectivity index (χ4n) is 3.32. The highest BCUT2D eigenvalue weighted by molar-refractivity contribution is 8.26. The lowest BCUT2D eigenvalue weighted by Gasteiger charge is -2.14. The molecule has 0 aliphatic carbocycles. The zero-order valence-corrected chi connectivity index (χ0v) is 19.7. The molecule has 0 atom stereocenters. The standard InChI is InChI=1S/C23H22N4O4S2/c1-30-12-10-24-20-17(21(28)26-11-4-3-5-19(26)25-20)13-18-22(29)27(23(32)33-18)14-15-6-8-16(31-2)9-7-15/h3-9,11,13,24H,10,12,14H2,1-2H3. The van der Waals surface area contributed by atoms with Gasteiger partial charge in [-0.15, -0.1) is 0 Å². The van der Waals surface area contributed by atoms with Gasteiger partial charge in [-0.3, -0.25) is 18.9 Å². The number of hydrogen-bond donors (Lipinski definition) is 1. The molecular formula is C23H22N4O4S2. The van der Waals surface area contributed by atoms with Gasteiger partial charge >= 0.3 is 0 Å². The summed E-state index contributed by atoms with van der Waals surface area (Å²) in [5.41, 5.74) is 1.44. The number of amides is 1. The molecule has 1 fully saturated rings. The molecule has 8 nitrogen and oxygen atoms in total.